The van der Waals surface area contributed by atoms with Crippen molar-refractivity contribution >= 4 is 20.0 Å². The number of carbonyl (C=O) groups excluding carboxylic acids is 1. The summed E-state index contributed by atoms with van der Waals surface area (Å²) >= 11 is 0. The maximum absolute atomic E-state index is 15.1. The number of para-hydroxylation sites is 1. The van der Waals surface area contributed by atoms with Crippen LogP contribution in [-0.4, -0.2) is 38.7 Å². The molecule has 2 aliphatic heterocycles. The minimum absolute atomic E-state index is 0.0827. The molecule has 0 aliphatic carbocycles. The lowest BCUT2D eigenvalue weighted by atomic mass is 9.82. The van der Waals surface area contributed by atoms with Crippen LogP contribution in [0.4, 0.5) is 9.80 Å². The fraction of sp³-hybridized carbons (Fsp3) is 0.526. The van der Waals surface area contributed by atoms with Gasteiger partial charge in [0.25, 0.3) is 5.91 Å². The van der Waals surface area contributed by atoms with Gasteiger partial charge in [0.15, 0.2) is 5.60 Å². The lowest BCUT2D eigenvalue weighted by Crippen LogP contribution is -2.45. The molecule has 4 atom stereocenters. The number of hydrogen-bond acceptors (Lipinski definition) is 3. The van der Waals surface area contributed by atoms with E-state index in [1.165, 1.54) is 0 Å². The fourth-order valence-electron chi connectivity index (χ4n) is 4.71. The number of aliphatic hydroxyl groups excluding tert-OH is 1. The summed E-state index contributed by atoms with van der Waals surface area (Å²) in [5.41, 5.74) is 0.0971. The van der Waals surface area contributed by atoms with Crippen molar-refractivity contribution < 1.29 is 18.7 Å². The summed E-state index contributed by atoms with van der Waals surface area (Å²) in [6.07, 6.45) is 1.57. The standard InChI is InChI=1S/C19H26FNO3Si/c1-5-11-21-15-9-7-6-8-14(15)19(18(21)23)13(2)17(25(3,4)20)16(24-19)10-12-22/h5-9,13,16-17,22H,1,10-12H2,2-4H3/t13-,16+,17-,19+/m0/s1. The Hall–Kier alpha value is -1.50. The third kappa shape index (κ3) is 2.58. The molecule has 1 N–H and O–H groups in total. The molecule has 1 amide bonds. The maximum atomic E-state index is 15.1. The van der Waals surface area contributed by atoms with E-state index in [0.29, 0.717) is 13.0 Å². The lowest BCUT2D eigenvalue weighted by molar-refractivity contribution is -0.146. The molecule has 1 saturated heterocycles. The third-order valence-corrected chi connectivity index (χ3v) is 8.05. The van der Waals surface area contributed by atoms with Gasteiger partial charge in [-0.05, 0) is 25.6 Å². The van der Waals surface area contributed by atoms with Crippen LogP contribution in [0, 0.1) is 5.92 Å². The number of carbonyl (C=O) groups is 1. The normalized spacial score (nSPS) is 31.6. The third-order valence-electron chi connectivity index (χ3n) is 5.59. The second kappa shape index (κ2) is 6.34. The van der Waals surface area contributed by atoms with Crippen LogP contribution in [0.2, 0.25) is 18.6 Å². The number of benzene rings is 1. The molecule has 3 rings (SSSR count). The van der Waals surface area contributed by atoms with E-state index < -0.39 is 20.1 Å². The van der Waals surface area contributed by atoms with Crippen molar-refractivity contribution in [3.05, 3.63) is 42.5 Å². The summed E-state index contributed by atoms with van der Waals surface area (Å²) in [4.78, 5) is 15.1. The highest BCUT2D eigenvalue weighted by Gasteiger charge is 2.66. The Morgan fingerprint density at radius 2 is 2.12 bits per heavy atom. The second-order valence-electron chi connectivity index (χ2n) is 7.50. The van der Waals surface area contributed by atoms with E-state index in [0.717, 1.165) is 11.3 Å². The van der Waals surface area contributed by atoms with Gasteiger partial charge in [-0.15, -0.1) is 6.58 Å². The first kappa shape index (κ1) is 18.3. The highest BCUT2D eigenvalue weighted by Crippen LogP contribution is 2.59. The van der Waals surface area contributed by atoms with Crippen LogP contribution in [0.25, 0.3) is 0 Å². The SMILES string of the molecule is C=CCN1C(=O)[C@]2(O[C@H](CCO)[C@@H]([Si](C)(C)F)[C@@H]2C)c2ccccc21. The number of halogens is 1. The number of hydrogen-bond donors (Lipinski definition) is 1. The largest absolute Gasteiger partial charge is 0.396 e. The van der Waals surface area contributed by atoms with E-state index in [1.54, 1.807) is 24.1 Å². The van der Waals surface area contributed by atoms with Crippen molar-refractivity contribution in [1.82, 2.24) is 0 Å². The molecule has 1 aromatic carbocycles. The van der Waals surface area contributed by atoms with Crippen LogP contribution in [0.15, 0.2) is 36.9 Å². The molecule has 2 aliphatic rings. The molecule has 1 aromatic rings. The van der Waals surface area contributed by atoms with Crippen molar-refractivity contribution in [2.75, 3.05) is 18.1 Å². The van der Waals surface area contributed by atoms with Crippen LogP contribution < -0.4 is 4.90 Å². The van der Waals surface area contributed by atoms with Crippen LogP contribution in [0.3, 0.4) is 0 Å². The summed E-state index contributed by atoms with van der Waals surface area (Å²) < 4.78 is 21.5. The van der Waals surface area contributed by atoms with Crippen LogP contribution in [0.1, 0.15) is 18.9 Å². The van der Waals surface area contributed by atoms with Gasteiger partial charge in [0.1, 0.15) is 0 Å². The lowest BCUT2D eigenvalue weighted by Gasteiger charge is -2.31. The summed E-state index contributed by atoms with van der Waals surface area (Å²) in [6, 6.07) is 7.57. The zero-order valence-corrected chi connectivity index (χ0v) is 16.0. The van der Waals surface area contributed by atoms with Gasteiger partial charge in [-0.1, -0.05) is 31.2 Å². The van der Waals surface area contributed by atoms with Gasteiger partial charge in [-0.2, -0.15) is 0 Å². The topological polar surface area (TPSA) is 49.8 Å². The van der Waals surface area contributed by atoms with Crippen molar-refractivity contribution in [3.63, 3.8) is 0 Å². The van der Waals surface area contributed by atoms with Crippen LogP contribution in [-0.2, 0) is 15.1 Å². The molecule has 1 fully saturated rings. The smallest absolute Gasteiger partial charge is 0.264 e. The average Bonchev–Trinajstić information content (AvgIpc) is 2.97. The monoisotopic (exact) mass is 363 g/mol. The van der Waals surface area contributed by atoms with Gasteiger partial charge in [0, 0.05) is 30.2 Å². The fourth-order valence-corrected chi connectivity index (χ4v) is 7.25. The first-order valence-corrected chi connectivity index (χ1v) is 11.7. The number of anilines is 1. The van der Waals surface area contributed by atoms with E-state index in [4.69, 9.17) is 4.74 Å². The Bertz CT molecular complexity index is 689. The highest BCUT2D eigenvalue weighted by molar-refractivity contribution is 6.72. The number of ether oxygens (including phenoxy) is 1. The summed E-state index contributed by atoms with van der Waals surface area (Å²) in [5.74, 6) is -0.441. The van der Waals surface area contributed by atoms with Crippen molar-refractivity contribution in [1.29, 1.82) is 0 Å². The van der Waals surface area contributed by atoms with E-state index in [-0.39, 0.29) is 24.0 Å². The molecule has 1 spiro atoms. The first-order chi connectivity index (χ1) is 11.8. The van der Waals surface area contributed by atoms with Gasteiger partial charge in [0.05, 0.1) is 11.8 Å². The van der Waals surface area contributed by atoms with E-state index in [1.807, 2.05) is 31.2 Å². The second-order valence-corrected chi connectivity index (χ2v) is 11.3. The molecule has 0 bridgehead atoms. The predicted octanol–water partition coefficient (Wildman–Crippen LogP) is 3.38. The van der Waals surface area contributed by atoms with Crippen molar-refractivity contribution in [2.24, 2.45) is 5.92 Å². The minimum Gasteiger partial charge on any atom is -0.396 e. The molecular formula is C19H26FNO3Si. The molecule has 6 heteroatoms. The Balaban J connectivity index is 2.15. The zero-order chi connectivity index (χ0) is 18.4. The molecule has 0 unspecified atom stereocenters. The summed E-state index contributed by atoms with van der Waals surface area (Å²) in [5, 5.41) is 9.43. The van der Waals surface area contributed by atoms with E-state index >= 15 is 4.11 Å². The van der Waals surface area contributed by atoms with E-state index in [2.05, 4.69) is 6.58 Å². The summed E-state index contributed by atoms with van der Waals surface area (Å²) in [7, 11) is -3.10. The Labute approximate surface area is 149 Å². The quantitative estimate of drug-likeness (QED) is 0.496. The van der Waals surface area contributed by atoms with Crippen LogP contribution in [0.5, 0.6) is 0 Å². The molecule has 0 aromatic heterocycles. The summed E-state index contributed by atoms with van der Waals surface area (Å²) in [6.45, 7) is 9.29. The number of fused-ring (bicyclic) bond motifs is 2. The van der Waals surface area contributed by atoms with Crippen LogP contribution >= 0.6 is 0 Å². The molecule has 136 valence electrons. The molecule has 0 saturated carbocycles. The number of amides is 1. The molecule has 0 radical (unpaired) electrons. The minimum atomic E-state index is -3.10. The molecule has 25 heavy (non-hydrogen) atoms. The Morgan fingerprint density at radius 3 is 2.72 bits per heavy atom. The molecule has 4 nitrogen and oxygen atoms in total. The number of nitrogens with zero attached hydrogens (tertiary/aromatic N) is 1. The van der Waals surface area contributed by atoms with Gasteiger partial charge in [0.2, 0.25) is 8.41 Å². The molecular weight excluding hydrogens is 337 g/mol. The Morgan fingerprint density at radius 1 is 1.44 bits per heavy atom. The maximum Gasteiger partial charge on any atom is 0.264 e. The van der Waals surface area contributed by atoms with Crippen molar-refractivity contribution in [2.45, 2.75) is 43.7 Å². The molecule has 2 heterocycles. The first-order valence-electron chi connectivity index (χ1n) is 8.79. The number of rotatable bonds is 5. The van der Waals surface area contributed by atoms with Crippen molar-refractivity contribution in [3.8, 4) is 0 Å². The average molecular weight is 364 g/mol. The van der Waals surface area contributed by atoms with Gasteiger partial charge in [-0.25, -0.2) is 0 Å². The zero-order valence-electron chi connectivity index (χ0n) is 15.0. The number of aliphatic hydroxyl groups is 1. The van der Waals surface area contributed by atoms with Gasteiger partial charge < -0.3 is 18.9 Å². The highest BCUT2D eigenvalue weighted by atomic mass is 28.4. The Kier molecular flexibility index (Phi) is 4.64. The van der Waals surface area contributed by atoms with Gasteiger partial charge in [-0.3, -0.25) is 4.79 Å². The van der Waals surface area contributed by atoms with Gasteiger partial charge >= 0.3 is 0 Å². The van der Waals surface area contributed by atoms with E-state index in [9.17, 15) is 9.90 Å². The predicted molar refractivity (Wildman–Crippen MR) is 98.7 cm³/mol.